The van der Waals surface area contributed by atoms with Gasteiger partial charge in [0.05, 0.1) is 13.0 Å². The number of hydrogen-bond acceptors (Lipinski definition) is 4. The number of ether oxygens (including phenoxy) is 1. The molecule has 1 N–H and O–H groups in total. The fourth-order valence-corrected chi connectivity index (χ4v) is 2.22. The van der Waals surface area contributed by atoms with Gasteiger partial charge in [-0.2, -0.15) is 0 Å². The van der Waals surface area contributed by atoms with E-state index in [1.807, 2.05) is 24.3 Å². The molecule has 1 aromatic carbocycles. The number of carboxylic acids is 1. The van der Waals surface area contributed by atoms with E-state index in [4.69, 9.17) is 9.84 Å². The molecule has 0 aliphatic rings. The molecule has 0 radical (unpaired) electrons. The summed E-state index contributed by atoms with van der Waals surface area (Å²) < 4.78 is 4.94. The van der Waals surface area contributed by atoms with Crippen molar-refractivity contribution in [2.45, 2.75) is 39.7 Å². The molecule has 0 bridgehead atoms. The first-order valence-corrected chi connectivity index (χ1v) is 7.72. The Morgan fingerprint density at radius 3 is 2.55 bits per heavy atom. The molecular weight excluding hydrogens is 282 g/mol. The smallest absolute Gasteiger partial charge is 0.307 e. The third-order valence-corrected chi connectivity index (χ3v) is 3.41. The summed E-state index contributed by atoms with van der Waals surface area (Å²) in [4.78, 5) is 24.2. The van der Waals surface area contributed by atoms with E-state index in [-0.39, 0.29) is 12.4 Å². The molecule has 0 aliphatic heterocycles. The number of aryl methyl sites for hydroxylation is 1. The second-order valence-electron chi connectivity index (χ2n) is 5.14. The molecule has 0 amide bonds. The van der Waals surface area contributed by atoms with Crippen molar-refractivity contribution in [3.05, 3.63) is 35.4 Å². The summed E-state index contributed by atoms with van der Waals surface area (Å²) in [6.07, 6.45) is 1.07. The number of carboxylic acid groups (broad SMARTS) is 1. The fourth-order valence-electron chi connectivity index (χ4n) is 2.22. The topological polar surface area (TPSA) is 66.8 Å². The summed E-state index contributed by atoms with van der Waals surface area (Å²) in [5.74, 6) is -0.953. The van der Waals surface area contributed by atoms with Gasteiger partial charge in [-0.25, -0.2) is 0 Å². The molecule has 5 heteroatoms. The monoisotopic (exact) mass is 307 g/mol. The summed E-state index contributed by atoms with van der Waals surface area (Å²) in [5, 5.41) is 8.74. The summed E-state index contributed by atoms with van der Waals surface area (Å²) >= 11 is 0. The number of nitrogens with zero attached hydrogens (tertiary/aromatic N) is 1. The molecule has 1 aromatic rings. The van der Waals surface area contributed by atoms with Crippen LogP contribution >= 0.6 is 0 Å². The SMILES string of the molecule is CCOC(=O)CCN(CC)Cc1cccc(CCC(=O)O)c1. The highest BCUT2D eigenvalue weighted by Gasteiger charge is 2.09. The molecule has 0 spiro atoms. The molecule has 122 valence electrons. The Morgan fingerprint density at radius 2 is 1.91 bits per heavy atom. The lowest BCUT2D eigenvalue weighted by Gasteiger charge is -2.20. The first kappa shape index (κ1) is 18.2. The molecule has 0 heterocycles. The second-order valence-corrected chi connectivity index (χ2v) is 5.14. The largest absolute Gasteiger partial charge is 0.481 e. The van der Waals surface area contributed by atoms with Crippen LogP contribution in [0, 0.1) is 0 Å². The van der Waals surface area contributed by atoms with Crippen LogP contribution in [0.1, 0.15) is 37.8 Å². The van der Waals surface area contributed by atoms with E-state index < -0.39 is 5.97 Å². The number of carbonyl (C=O) groups is 2. The summed E-state index contributed by atoms with van der Waals surface area (Å²) in [6.45, 7) is 6.53. The first-order chi connectivity index (χ1) is 10.5. The zero-order chi connectivity index (χ0) is 16.4. The van der Waals surface area contributed by atoms with Crippen LogP contribution in [-0.4, -0.2) is 41.6 Å². The quantitative estimate of drug-likeness (QED) is 0.673. The van der Waals surface area contributed by atoms with Crippen molar-refractivity contribution >= 4 is 11.9 Å². The van der Waals surface area contributed by atoms with Gasteiger partial charge in [-0.3, -0.25) is 14.5 Å². The Hall–Kier alpha value is -1.88. The summed E-state index contributed by atoms with van der Waals surface area (Å²) in [6, 6.07) is 7.96. The molecule has 22 heavy (non-hydrogen) atoms. The zero-order valence-corrected chi connectivity index (χ0v) is 13.4. The van der Waals surface area contributed by atoms with Gasteiger partial charge in [0.25, 0.3) is 0 Å². The average molecular weight is 307 g/mol. The van der Waals surface area contributed by atoms with E-state index >= 15 is 0 Å². The fraction of sp³-hybridized carbons (Fsp3) is 0.529. The van der Waals surface area contributed by atoms with Crippen molar-refractivity contribution < 1.29 is 19.4 Å². The molecule has 0 aliphatic carbocycles. The lowest BCUT2D eigenvalue weighted by molar-refractivity contribution is -0.143. The van der Waals surface area contributed by atoms with Gasteiger partial charge in [0, 0.05) is 19.5 Å². The second kappa shape index (κ2) is 9.95. The van der Waals surface area contributed by atoms with Crippen LogP contribution in [-0.2, 0) is 27.3 Å². The molecular formula is C17H25NO4. The number of aliphatic carboxylic acids is 1. The first-order valence-electron chi connectivity index (χ1n) is 7.72. The highest BCUT2D eigenvalue weighted by molar-refractivity contribution is 5.69. The molecule has 0 aromatic heterocycles. The van der Waals surface area contributed by atoms with Crippen LogP contribution in [0.25, 0.3) is 0 Å². The lowest BCUT2D eigenvalue weighted by Crippen LogP contribution is -2.26. The van der Waals surface area contributed by atoms with E-state index in [9.17, 15) is 9.59 Å². The van der Waals surface area contributed by atoms with E-state index in [1.165, 1.54) is 0 Å². The van der Waals surface area contributed by atoms with Gasteiger partial charge in [-0.1, -0.05) is 31.2 Å². The van der Waals surface area contributed by atoms with Crippen molar-refractivity contribution in [2.75, 3.05) is 19.7 Å². The Morgan fingerprint density at radius 1 is 1.18 bits per heavy atom. The Labute approximate surface area is 131 Å². The molecule has 0 saturated heterocycles. The van der Waals surface area contributed by atoms with Crippen LogP contribution in [0.2, 0.25) is 0 Å². The molecule has 5 nitrogen and oxygen atoms in total. The van der Waals surface area contributed by atoms with Crippen LogP contribution < -0.4 is 0 Å². The van der Waals surface area contributed by atoms with Crippen LogP contribution in [0.3, 0.4) is 0 Å². The third-order valence-electron chi connectivity index (χ3n) is 3.41. The predicted molar refractivity (Wildman–Crippen MR) is 84.6 cm³/mol. The number of benzene rings is 1. The maximum Gasteiger partial charge on any atom is 0.307 e. The Kier molecular flexibility index (Phi) is 8.22. The number of rotatable bonds is 10. The van der Waals surface area contributed by atoms with Crippen molar-refractivity contribution in [3.8, 4) is 0 Å². The molecule has 1 rings (SSSR count). The molecule has 0 atom stereocenters. The molecule has 0 unspecified atom stereocenters. The van der Waals surface area contributed by atoms with Crippen molar-refractivity contribution in [3.63, 3.8) is 0 Å². The van der Waals surface area contributed by atoms with E-state index in [0.29, 0.717) is 26.0 Å². The maximum absolute atomic E-state index is 11.4. The third kappa shape index (κ3) is 7.22. The average Bonchev–Trinajstić information content (AvgIpc) is 2.50. The van der Waals surface area contributed by atoms with Gasteiger partial charge in [0.2, 0.25) is 0 Å². The van der Waals surface area contributed by atoms with E-state index in [1.54, 1.807) is 6.92 Å². The summed E-state index contributed by atoms with van der Waals surface area (Å²) in [5.41, 5.74) is 2.16. The Balaban J connectivity index is 2.53. The van der Waals surface area contributed by atoms with E-state index in [0.717, 1.165) is 24.2 Å². The molecule has 0 fully saturated rings. The van der Waals surface area contributed by atoms with Crippen LogP contribution in [0.4, 0.5) is 0 Å². The number of carbonyl (C=O) groups excluding carboxylic acids is 1. The van der Waals surface area contributed by atoms with Crippen molar-refractivity contribution in [1.82, 2.24) is 4.90 Å². The highest BCUT2D eigenvalue weighted by Crippen LogP contribution is 2.11. The lowest BCUT2D eigenvalue weighted by atomic mass is 10.1. The minimum Gasteiger partial charge on any atom is -0.481 e. The van der Waals surface area contributed by atoms with Crippen LogP contribution in [0.15, 0.2) is 24.3 Å². The predicted octanol–water partition coefficient (Wildman–Crippen LogP) is 2.48. The van der Waals surface area contributed by atoms with Crippen molar-refractivity contribution in [1.29, 1.82) is 0 Å². The van der Waals surface area contributed by atoms with Crippen molar-refractivity contribution in [2.24, 2.45) is 0 Å². The van der Waals surface area contributed by atoms with Gasteiger partial charge >= 0.3 is 11.9 Å². The highest BCUT2D eigenvalue weighted by atomic mass is 16.5. The maximum atomic E-state index is 11.4. The van der Waals surface area contributed by atoms with Gasteiger partial charge < -0.3 is 9.84 Å². The van der Waals surface area contributed by atoms with Gasteiger partial charge in [-0.15, -0.1) is 0 Å². The Bertz CT molecular complexity index is 487. The zero-order valence-electron chi connectivity index (χ0n) is 13.4. The van der Waals surface area contributed by atoms with Crippen LogP contribution in [0.5, 0.6) is 0 Å². The van der Waals surface area contributed by atoms with E-state index in [2.05, 4.69) is 11.8 Å². The van der Waals surface area contributed by atoms with Gasteiger partial charge in [0.15, 0.2) is 0 Å². The minimum atomic E-state index is -0.782. The molecule has 0 saturated carbocycles. The van der Waals surface area contributed by atoms with Gasteiger partial charge in [0.1, 0.15) is 0 Å². The summed E-state index contributed by atoms with van der Waals surface area (Å²) in [7, 11) is 0. The normalized spacial score (nSPS) is 10.7. The number of hydrogen-bond donors (Lipinski definition) is 1. The standard InChI is InChI=1S/C17H25NO4/c1-3-18(11-10-17(21)22-4-2)13-15-7-5-6-14(12-15)8-9-16(19)20/h5-7,12H,3-4,8-11,13H2,1-2H3,(H,19,20). The minimum absolute atomic E-state index is 0.143. The number of esters is 1. The van der Waals surface area contributed by atoms with Gasteiger partial charge in [-0.05, 0) is 31.0 Å².